The van der Waals surface area contributed by atoms with Crippen molar-refractivity contribution in [1.29, 1.82) is 0 Å². The van der Waals surface area contributed by atoms with Crippen LogP contribution in [0.2, 0.25) is 0 Å². The molecule has 0 aliphatic heterocycles. The Morgan fingerprint density at radius 3 is 2.43 bits per heavy atom. The van der Waals surface area contributed by atoms with Gasteiger partial charge in [-0.1, -0.05) is 61.4 Å². The molecule has 30 heavy (non-hydrogen) atoms. The highest BCUT2D eigenvalue weighted by molar-refractivity contribution is 7.27. The van der Waals surface area contributed by atoms with Crippen molar-refractivity contribution in [3.05, 3.63) is 78.0 Å². The van der Waals surface area contributed by atoms with Crippen LogP contribution in [0, 0.1) is 6.92 Å². The Balaban J connectivity index is 1.63. The van der Waals surface area contributed by atoms with E-state index in [4.69, 9.17) is 0 Å². The van der Waals surface area contributed by atoms with Crippen molar-refractivity contribution in [3.63, 3.8) is 0 Å². The quantitative estimate of drug-likeness (QED) is 0.264. The number of aryl methyl sites for hydroxylation is 2. The second-order valence-corrected chi connectivity index (χ2v) is 9.86. The molecular weight excluding hydrogens is 382 g/mol. The SMILES string of the molecule is Cc1ccccc1-c1c2sc3c4ccc(C5CCCC5)cc4ccc3c2cc[n+]1C. The summed E-state index contributed by atoms with van der Waals surface area (Å²) in [5.41, 5.74) is 5.50. The average molecular weight is 409 g/mol. The summed E-state index contributed by atoms with van der Waals surface area (Å²) in [5, 5.41) is 5.54. The van der Waals surface area contributed by atoms with Crippen molar-refractivity contribution in [2.75, 3.05) is 0 Å². The molecule has 2 aromatic heterocycles. The fourth-order valence-corrected chi connectivity index (χ4v) is 6.77. The molecule has 1 nitrogen and oxygen atoms in total. The second-order valence-electron chi connectivity index (χ2n) is 8.84. The molecule has 0 atom stereocenters. The van der Waals surface area contributed by atoms with Gasteiger partial charge in [0.1, 0.15) is 11.7 Å². The lowest BCUT2D eigenvalue weighted by molar-refractivity contribution is -0.659. The largest absolute Gasteiger partial charge is 0.230 e. The summed E-state index contributed by atoms with van der Waals surface area (Å²) in [7, 11) is 2.16. The fourth-order valence-electron chi connectivity index (χ4n) is 5.35. The van der Waals surface area contributed by atoms with Gasteiger partial charge in [-0.15, -0.1) is 11.3 Å². The lowest BCUT2D eigenvalue weighted by atomic mass is 9.94. The number of nitrogens with zero attached hydrogens (tertiary/aromatic N) is 1. The van der Waals surface area contributed by atoms with Gasteiger partial charge < -0.3 is 0 Å². The summed E-state index contributed by atoms with van der Waals surface area (Å²) in [6.07, 6.45) is 7.69. The maximum Gasteiger partial charge on any atom is 0.230 e. The topological polar surface area (TPSA) is 3.88 Å². The molecular formula is C28H26NS+. The maximum atomic E-state index is 2.46. The first-order valence-corrected chi connectivity index (χ1v) is 11.9. The molecule has 5 aromatic rings. The van der Waals surface area contributed by atoms with Crippen molar-refractivity contribution in [2.24, 2.45) is 7.05 Å². The molecule has 6 rings (SSSR count). The number of aromatic nitrogens is 1. The number of pyridine rings is 1. The molecule has 2 heteroatoms. The molecule has 0 bridgehead atoms. The molecule has 2 heterocycles. The first-order valence-electron chi connectivity index (χ1n) is 11.0. The van der Waals surface area contributed by atoms with Crippen molar-refractivity contribution in [3.8, 4) is 11.3 Å². The first-order chi connectivity index (χ1) is 14.7. The predicted molar refractivity (Wildman–Crippen MR) is 129 cm³/mol. The monoisotopic (exact) mass is 408 g/mol. The normalized spacial score (nSPS) is 15.0. The zero-order chi connectivity index (χ0) is 20.2. The summed E-state index contributed by atoms with van der Waals surface area (Å²) in [5.74, 6) is 0.763. The number of benzene rings is 3. The average Bonchev–Trinajstić information content (AvgIpc) is 3.42. The van der Waals surface area contributed by atoms with E-state index in [0.717, 1.165) is 5.92 Å². The van der Waals surface area contributed by atoms with Gasteiger partial charge in [-0.3, -0.25) is 0 Å². The Morgan fingerprint density at radius 1 is 0.833 bits per heavy atom. The van der Waals surface area contributed by atoms with Crippen LogP contribution in [-0.2, 0) is 7.05 Å². The van der Waals surface area contributed by atoms with Crippen LogP contribution < -0.4 is 4.57 Å². The summed E-state index contributed by atoms with van der Waals surface area (Å²) in [6, 6.07) is 22.9. The molecule has 3 aromatic carbocycles. The van der Waals surface area contributed by atoms with E-state index in [1.807, 2.05) is 11.3 Å². The third-order valence-electron chi connectivity index (χ3n) is 6.99. The van der Waals surface area contributed by atoms with E-state index in [9.17, 15) is 0 Å². The number of rotatable bonds is 2. The molecule has 1 aliphatic carbocycles. The van der Waals surface area contributed by atoms with Gasteiger partial charge >= 0.3 is 0 Å². The number of hydrogen-bond donors (Lipinski definition) is 0. The number of thiophene rings is 1. The van der Waals surface area contributed by atoms with Crippen molar-refractivity contribution < 1.29 is 4.57 Å². The number of fused-ring (bicyclic) bond motifs is 5. The first kappa shape index (κ1) is 18.1. The van der Waals surface area contributed by atoms with Crippen LogP contribution in [0.3, 0.4) is 0 Å². The van der Waals surface area contributed by atoms with Crippen molar-refractivity contribution >= 4 is 42.3 Å². The minimum absolute atomic E-state index is 0.763. The van der Waals surface area contributed by atoms with Crippen LogP contribution in [0.5, 0.6) is 0 Å². The molecule has 0 unspecified atom stereocenters. The second kappa shape index (κ2) is 6.92. The molecule has 0 saturated heterocycles. The van der Waals surface area contributed by atoms with E-state index in [0.29, 0.717) is 0 Å². The van der Waals surface area contributed by atoms with Gasteiger partial charge in [0.2, 0.25) is 5.69 Å². The van der Waals surface area contributed by atoms with Gasteiger partial charge in [-0.2, -0.15) is 4.57 Å². The molecule has 0 radical (unpaired) electrons. The van der Waals surface area contributed by atoms with E-state index in [2.05, 4.69) is 85.4 Å². The Labute approximate surface area is 181 Å². The molecule has 0 N–H and O–H groups in total. The summed E-state index contributed by atoms with van der Waals surface area (Å²) in [4.78, 5) is 0. The van der Waals surface area contributed by atoms with Gasteiger partial charge in [-0.05, 0) is 53.6 Å². The highest BCUT2D eigenvalue weighted by Crippen LogP contribution is 2.43. The van der Waals surface area contributed by atoms with Crippen LogP contribution >= 0.6 is 11.3 Å². The molecule has 148 valence electrons. The van der Waals surface area contributed by atoms with Crippen LogP contribution in [0.25, 0.3) is 42.2 Å². The molecule has 0 spiro atoms. The fraction of sp³-hybridized carbons (Fsp3) is 0.250. The van der Waals surface area contributed by atoms with E-state index >= 15 is 0 Å². The van der Waals surface area contributed by atoms with Crippen LogP contribution in [0.15, 0.2) is 66.9 Å². The Bertz CT molecular complexity index is 1420. The van der Waals surface area contributed by atoms with Gasteiger partial charge in [0.05, 0.1) is 5.56 Å². The Morgan fingerprint density at radius 2 is 1.60 bits per heavy atom. The van der Waals surface area contributed by atoms with Gasteiger partial charge in [0, 0.05) is 21.5 Å². The van der Waals surface area contributed by atoms with Crippen molar-refractivity contribution in [2.45, 2.75) is 38.5 Å². The molecule has 1 aliphatic rings. The van der Waals surface area contributed by atoms with E-state index in [-0.39, 0.29) is 0 Å². The summed E-state index contributed by atoms with van der Waals surface area (Å²) in [6.45, 7) is 2.21. The van der Waals surface area contributed by atoms with Gasteiger partial charge in [0.25, 0.3) is 0 Å². The van der Waals surface area contributed by atoms with Crippen LogP contribution in [0.1, 0.15) is 42.7 Å². The zero-order valence-corrected chi connectivity index (χ0v) is 18.4. The molecule has 1 saturated carbocycles. The maximum absolute atomic E-state index is 2.46. The lowest BCUT2D eigenvalue weighted by Gasteiger charge is -2.10. The predicted octanol–water partition coefficient (Wildman–Crippen LogP) is 7.67. The highest BCUT2D eigenvalue weighted by Gasteiger charge is 2.22. The Hall–Kier alpha value is -2.71. The van der Waals surface area contributed by atoms with Crippen LogP contribution in [0.4, 0.5) is 0 Å². The van der Waals surface area contributed by atoms with E-state index < -0.39 is 0 Å². The standard InChI is InChI=1S/C28H26NS/c1-18-7-3-6-10-22(18)26-28-25(15-16-29(26)2)24-14-12-21-17-20(19-8-4-5-9-19)11-13-23(21)27(24)30-28/h3,6-7,10-17,19H,4-5,8-9H2,1-2H3/q+1. The third kappa shape index (κ3) is 2.70. The van der Waals surface area contributed by atoms with Gasteiger partial charge in [-0.25, -0.2) is 0 Å². The summed E-state index contributed by atoms with van der Waals surface area (Å²) >= 11 is 1.95. The minimum Gasteiger partial charge on any atom is -0.200 e. The van der Waals surface area contributed by atoms with Crippen LogP contribution in [-0.4, -0.2) is 0 Å². The summed E-state index contributed by atoms with van der Waals surface area (Å²) < 4.78 is 5.08. The zero-order valence-electron chi connectivity index (χ0n) is 17.6. The molecule has 0 amide bonds. The highest BCUT2D eigenvalue weighted by atomic mass is 32.1. The smallest absolute Gasteiger partial charge is 0.200 e. The number of hydrogen-bond acceptors (Lipinski definition) is 1. The third-order valence-corrected chi connectivity index (χ3v) is 8.25. The van der Waals surface area contributed by atoms with E-state index in [1.54, 1.807) is 0 Å². The van der Waals surface area contributed by atoms with E-state index in [1.165, 1.54) is 79.0 Å². The van der Waals surface area contributed by atoms with Gasteiger partial charge in [0.15, 0.2) is 6.20 Å². The molecule has 1 fully saturated rings. The lowest BCUT2D eigenvalue weighted by Crippen LogP contribution is -2.30. The Kier molecular flexibility index (Phi) is 4.17. The van der Waals surface area contributed by atoms with Crippen molar-refractivity contribution in [1.82, 2.24) is 0 Å². The minimum atomic E-state index is 0.763.